The summed E-state index contributed by atoms with van der Waals surface area (Å²) in [4.78, 5) is 4.71. The van der Waals surface area contributed by atoms with Gasteiger partial charge in [-0.25, -0.2) is 9.07 Å². The molecule has 1 aromatic heterocycles. The first-order chi connectivity index (χ1) is 17.2. The standard InChI is InChI=1S/C26H33FN6O2/c1-34-23-10-6-9-22(25(23)35-2)24(26-28-29-30-33(26)21-7-4-3-5-8-21)32-17-15-31(16-18-32)20-13-11-19(27)12-14-20/h6,9-14,21,24H,3-5,7-8,15-18H2,1-2H3. The second-order valence-corrected chi connectivity index (χ2v) is 9.26. The summed E-state index contributed by atoms with van der Waals surface area (Å²) < 4.78 is 26.9. The Bertz CT molecular complexity index is 1110. The molecule has 0 spiro atoms. The first-order valence-electron chi connectivity index (χ1n) is 12.4. The molecule has 186 valence electrons. The van der Waals surface area contributed by atoms with Gasteiger partial charge in [-0.2, -0.15) is 0 Å². The number of tetrazole rings is 1. The number of nitrogens with zero attached hydrogens (tertiary/aromatic N) is 6. The molecule has 0 radical (unpaired) electrons. The Morgan fingerprint density at radius 2 is 1.66 bits per heavy atom. The summed E-state index contributed by atoms with van der Waals surface area (Å²) in [5, 5.41) is 13.2. The Morgan fingerprint density at radius 3 is 2.34 bits per heavy atom. The predicted molar refractivity (Wildman–Crippen MR) is 132 cm³/mol. The lowest BCUT2D eigenvalue weighted by Crippen LogP contribution is -2.48. The summed E-state index contributed by atoms with van der Waals surface area (Å²) in [6.07, 6.45) is 5.87. The first-order valence-corrected chi connectivity index (χ1v) is 12.4. The zero-order valence-electron chi connectivity index (χ0n) is 20.4. The molecule has 9 heteroatoms. The van der Waals surface area contributed by atoms with Gasteiger partial charge in [0.25, 0.3) is 0 Å². The summed E-state index contributed by atoms with van der Waals surface area (Å²) in [7, 11) is 3.33. The number of para-hydroxylation sites is 1. The van der Waals surface area contributed by atoms with Gasteiger partial charge in [0.1, 0.15) is 11.9 Å². The molecule has 2 fully saturated rings. The Balaban J connectivity index is 1.49. The first kappa shape index (κ1) is 23.5. The lowest BCUT2D eigenvalue weighted by Gasteiger charge is -2.40. The van der Waals surface area contributed by atoms with Crippen LogP contribution in [0.5, 0.6) is 11.5 Å². The monoisotopic (exact) mass is 480 g/mol. The number of halogens is 1. The number of benzene rings is 2. The number of methoxy groups -OCH3 is 2. The summed E-state index contributed by atoms with van der Waals surface area (Å²) in [5.41, 5.74) is 2.03. The van der Waals surface area contributed by atoms with Gasteiger partial charge in [-0.15, -0.1) is 5.10 Å². The topological polar surface area (TPSA) is 68.5 Å². The van der Waals surface area contributed by atoms with E-state index in [0.29, 0.717) is 17.5 Å². The van der Waals surface area contributed by atoms with Crippen molar-refractivity contribution < 1.29 is 13.9 Å². The van der Waals surface area contributed by atoms with Gasteiger partial charge in [-0.05, 0) is 53.6 Å². The number of hydrogen-bond donors (Lipinski definition) is 0. The van der Waals surface area contributed by atoms with Crippen molar-refractivity contribution in [2.75, 3.05) is 45.3 Å². The maximum absolute atomic E-state index is 13.4. The molecule has 1 saturated carbocycles. The number of piperazine rings is 1. The third kappa shape index (κ3) is 4.82. The van der Waals surface area contributed by atoms with E-state index in [9.17, 15) is 4.39 Å². The van der Waals surface area contributed by atoms with Crippen molar-refractivity contribution in [3.05, 3.63) is 59.7 Å². The van der Waals surface area contributed by atoms with Gasteiger partial charge in [0, 0.05) is 37.4 Å². The van der Waals surface area contributed by atoms with Crippen LogP contribution in [0.25, 0.3) is 0 Å². The number of ether oxygens (including phenoxy) is 2. The van der Waals surface area contributed by atoms with E-state index in [4.69, 9.17) is 9.47 Å². The fourth-order valence-electron chi connectivity index (χ4n) is 5.48. The summed E-state index contributed by atoms with van der Waals surface area (Å²) in [5.74, 6) is 2.03. The third-order valence-electron chi connectivity index (χ3n) is 7.28. The van der Waals surface area contributed by atoms with Crippen LogP contribution in [-0.2, 0) is 0 Å². The maximum Gasteiger partial charge on any atom is 0.173 e. The zero-order valence-corrected chi connectivity index (χ0v) is 20.4. The largest absolute Gasteiger partial charge is 0.493 e. The molecule has 1 aliphatic heterocycles. The Hall–Kier alpha value is -3.20. The summed E-state index contributed by atoms with van der Waals surface area (Å²) in [6, 6.07) is 12.9. The van der Waals surface area contributed by atoms with Crippen LogP contribution >= 0.6 is 0 Å². The Morgan fingerprint density at radius 1 is 0.914 bits per heavy atom. The molecule has 5 rings (SSSR count). The van der Waals surface area contributed by atoms with Crippen LogP contribution in [0.2, 0.25) is 0 Å². The summed E-state index contributed by atoms with van der Waals surface area (Å²) >= 11 is 0. The van der Waals surface area contributed by atoms with Crippen LogP contribution in [0, 0.1) is 5.82 Å². The maximum atomic E-state index is 13.4. The average Bonchev–Trinajstić information content (AvgIpc) is 3.39. The predicted octanol–water partition coefficient (Wildman–Crippen LogP) is 4.25. The van der Waals surface area contributed by atoms with Crippen molar-refractivity contribution in [1.29, 1.82) is 0 Å². The second kappa shape index (κ2) is 10.6. The molecule has 0 bridgehead atoms. The van der Waals surface area contributed by atoms with E-state index in [1.807, 2.05) is 24.3 Å². The lowest BCUT2D eigenvalue weighted by atomic mass is 9.94. The van der Waals surface area contributed by atoms with Gasteiger partial charge in [0.2, 0.25) is 0 Å². The fourth-order valence-corrected chi connectivity index (χ4v) is 5.48. The number of rotatable bonds is 7. The van der Waals surface area contributed by atoms with Crippen molar-refractivity contribution >= 4 is 5.69 Å². The number of aromatic nitrogens is 4. The average molecular weight is 481 g/mol. The van der Waals surface area contributed by atoms with E-state index in [1.165, 1.54) is 31.4 Å². The van der Waals surface area contributed by atoms with E-state index in [0.717, 1.165) is 56.1 Å². The Labute approximate surface area is 205 Å². The minimum atomic E-state index is -0.216. The van der Waals surface area contributed by atoms with Gasteiger partial charge < -0.3 is 14.4 Å². The molecular weight excluding hydrogens is 447 g/mol. The second-order valence-electron chi connectivity index (χ2n) is 9.26. The molecule has 1 atom stereocenters. The van der Waals surface area contributed by atoms with Crippen molar-refractivity contribution in [3.63, 3.8) is 0 Å². The van der Waals surface area contributed by atoms with Gasteiger partial charge in [-0.1, -0.05) is 31.4 Å². The fraction of sp³-hybridized carbons (Fsp3) is 0.500. The highest BCUT2D eigenvalue weighted by Crippen LogP contribution is 2.41. The van der Waals surface area contributed by atoms with E-state index in [-0.39, 0.29) is 11.9 Å². The van der Waals surface area contributed by atoms with Crippen LogP contribution in [0.15, 0.2) is 42.5 Å². The van der Waals surface area contributed by atoms with Gasteiger partial charge >= 0.3 is 0 Å². The van der Waals surface area contributed by atoms with E-state index >= 15 is 0 Å². The minimum Gasteiger partial charge on any atom is -0.493 e. The van der Waals surface area contributed by atoms with Crippen molar-refractivity contribution in [2.45, 2.75) is 44.2 Å². The van der Waals surface area contributed by atoms with Crippen LogP contribution in [-0.4, -0.2) is 65.5 Å². The van der Waals surface area contributed by atoms with Crippen molar-refractivity contribution in [1.82, 2.24) is 25.1 Å². The molecule has 1 unspecified atom stereocenters. The SMILES string of the molecule is COc1cccc(C(c2nnnn2C2CCCCC2)N2CCN(c3ccc(F)cc3)CC2)c1OC. The van der Waals surface area contributed by atoms with Gasteiger partial charge in [-0.3, -0.25) is 4.90 Å². The molecule has 35 heavy (non-hydrogen) atoms. The number of hydrogen-bond acceptors (Lipinski definition) is 7. The van der Waals surface area contributed by atoms with Crippen molar-refractivity contribution in [3.8, 4) is 11.5 Å². The van der Waals surface area contributed by atoms with Crippen LogP contribution in [0.3, 0.4) is 0 Å². The molecule has 2 heterocycles. The van der Waals surface area contributed by atoms with Gasteiger partial charge in [0.15, 0.2) is 17.3 Å². The molecular formula is C26H33FN6O2. The van der Waals surface area contributed by atoms with Crippen molar-refractivity contribution in [2.24, 2.45) is 0 Å². The highest BCUT2D eigenvalue weighted by molar-refractivity contribution is 5.50. The minimum absolute atomic E-state index is 0.174. The normalized spacial score (nSPS) is 18.4. The van der Waals surface area contributed by atoms with E-state index < -0.39 is 0 Å². The highest BCUT2D eigenvalue weighted by atomic mass is 19.1. The molecule has 1 aliphatic carbocycles. The van der Waals surface area contributed by atoms with E-state index in [2.05, 4.69) is 36.1 Å². The van der Waals surface area contributed by atoms with Crippen LogP contribution in [0.4, 0.5) is 10.1 Å². The number of anilines is 1. The van der Waals surface area contributed by atoms with E-state index in [1.54, 1.807) is 14.2 Å². The van der Waals surface area contributed by atoms with Crippen LogP contribution in [0.1, 0.15) is 55.6 Å². The lowest BCUT2D eigenvalue weighted by molar-refractivity contribution is 0.190. The molecule has 1 saturated heterocycles. The quantitative estimate of drug-likeness (QED) is 0.501. The third-order valence-corrected chi connectivity index (χ3v) is 7.28. The zero-order chi connectivity index (χ0) is 24.2. The molecule has 8 nitrogen and oxygen atoms in total. The molecule has 0 amide bonds. The molecule has 2 aromatic carbocycles. The smallest absolute Gasteiger partial charge is 0.173 e. The Kier molecular flexibility index (Phi) is 7.13. The molecule has 3 aromatic rings. The molecule has 0 N–H and O–H groups in total. The summed E-state index contributed by atoms with van der Waals surface area (Å²) in [6.45, 7) is 3.25. The molecule has 2 aliphatic rings. The van der Waals surface area contributed by atoms with Crippen LogP contribution < -0.4 is 14.4 Å². The highest BCUT2D eigenvalue weighted by Gasteiger charge is 2.35. The van der Waals surface area contributed by atoms with Gasteiger partial charge in [0.05, 0.1) is 20.3 Å².